The molecule has 1 heterocycles. The van der Waals surface area contributed by atoms with Crippen LogP contribution in [0.25, 0.3) is 0 Å². The quantitative estimate of drug-likeness (QED) is 0.858. The minimum Gasteiger partial charge on any atom is -0.380 e. The molecule has 0 saturated carbocycles. The first-order chi connectivity index (χ1) is 9.20. The van der Waals surface area contributed by atoms with Crippen molar-refractivity contribution in [2.45, 2.75) is 33.0 Å². The van der Waals surface area contributed by atoms with Crippen LogP contribution in [0.4, 0.5) is 0 Å². The number of rotatable bonds is 6. The highest BCUT2D eigenvalue weighted by Crippen LogP contribution is 2.22. The Hall–Kier alpha value is -1.16. The van der Waals surface area contributed by atoms with E-state index in [0.717, 1.165) is 6.54 Å². The van der Waals surface area contributed by atoms with E-state index in [1.807, 2.05) is 11.3 Å². The van der Waals surface area contributed by atoms with Crippen molar-refractivity contribution in [2.75, 3.05) is 7.11 Å². The summed E-state index contributed by atoms with van der Waals surface area (Å²) in [6.45, 7) is 5.90. The van der Waals surface area contributed by atoms with Crippen LogP contribution in [0.2, 0.25) is 0 Å². The summed E-state index contributed by atoms with van der Waals surface area (Å²) in [6.07, 6.45) is 0. The number of aryl methyl sites for hydroxylation is 1. The van der Waals surface area contributed by atoms with Crippen LogP contribution >= 0.6 is 11.3 Å². The molecule has 0 radical (unpaired) electrons. The van der Waals surface area contributed by atoms with Crippen molar-refractivity contribution in [3.8, 4) is 0 Å². The molecule has 0 aliphatic rings. The molecule has 0 aliphatic carbocycles. The first-order valence-corrected chi connectivity index (χ1v) is 7.38. The second-order valence-electron chi connectivity index (χ2n) is 4.75. The summed E-state index contributed by atoms with van der Waals surface area (Å²) in [6, 6.07) is 13.2. The van der Waals surface area contributed by atoms with Gasteiger partial charge in [-0.05, 0) is 37.1 Å². The van der Waals surface area contributed by atoms with Crippen LogP contribution in [-0.4, -0.2) is 7.11 Å². The maximum atomic E-state index is 5.24. The molecule has 0 amide bonds. The van der Waals surface area contributed by atoms with E-state index >= 15 is 0 Å². The number of thiophene rings is 1. The molecular formula is C16H21NOS. The van der Waals surface area contributed by atoms with Gasteiger partial charge in [-0.3, -0.25) is 0 Å². The Balaban J connectivity index is 1.98. The van der Waals surface area contributed by atoms with Crippen molar-refractivity contribution in [3.63, 3.8) is 0 Å². The van der Waals surface area contributed by atoms with Crippen molar-refractivity contribution >= 4 is 11.3 Å². The first kappa shape index (κ1) is 14.3. The molecule has 2 nitrogen and oxygen atoms in total. The van der Waals surface area contributed by atoms with Gasteiger partial charge in [0.05, 0.1) is 6.61 Å². The summed E-state index contributed by atoms with van der Waals surface area (Å²) >= 11 is 1.86. The maximum Gasteiger partial charge on any atom is 0.0716 e. The van der Waals surface area contributed by atoms with E-state index in [1.54, 1.807) is 7.11 Å². The Morgan fingerprint density at radius 3 is 2.53 bits per heavy atom. The normalized spacial score (nSPS) is 12.6. The van der Waals surface area contributed by atoms with Crippen molar-refractivity contribution in [3.05, 3.63) is 57.3 Å². The fourth-order valence-corrected chi connectivity index (χ4v) is 2.98. The third kappa shape index (κ3) is 3.90. The molecule has 1 aromatic heterocycles. The molecule has 0 bridgehead atoms. The Morgan fingerprint density at radius 1 is 1.16 bits per heavy atom. The molecule has 1 N–H and O–H groups in total. The van der Waals surface area contributed by atoms with Crippen LogP contribution < -0.4 is 5.32 Å². The zero-order chi connectivity index (χ0) is 13.7. The van der Waals surface area contributed by atoms with E-state index < -0.39 is 0 Å². The van der Waals surface area contributed by atoms with Crippen LogP contribution in [0.5, 0.6) is 0 Å². The van der Waals surface area contributed by atoms with E-state index in [1.165, 1.54) is 20.9 Å². The summed E-state index contributed by atoms with van der Waals surface area (Å²) in [4.78, 5) is 2.75. The highest BCUT2D eigenvalue weighted by atomic mass is 32.1. The Bertz CT molecular complexity index is 521. The molecule has 102 valence electrons. The van der Waals surface area contributed by atoms with Gasteiger partial charge in [0.15, 0.2) is 0 Å². The Kier molecular flexibility index (Phi) is 5.14. The fourth-order valence-electron chi connectivity index (χ4n) is 2.08. The lowest BCUT2D eigenvalue weighted by molar-refractivity contribution is 0.184. The Labute approximate surface area is 119 Å². The summed E-state index contributed by atoms with van der Waals surface area (Å²) in [5.74, 6) is 0. The molecule has 1 unspecified atom stereocenters. The average Bonchev–Trinajstić information content (AvgIpc) is 2.84. The summed E-state index contributed by atoms with van der Waals surface area (Å²) in [7, 11) is 1.74. The number of methoxy groups -OCH3 is 1. The van der Waals surface area contributed by atoms with Crippen LogP contribution in [-0.2, 0) is 17.9 Å². The van der Waals surface area contributed by atoms with Gasteiger partial charge in [-0.15, -0.1) is 11.3 Å². The largest absolute Gasteiger partial charge is 0.380 e. The number of hydrogen-bond acceptors (Lipinski definition) is 3. The highest BCUT2D eigenvalue weighted by Gasteiger charge is 2.08. The van der Waals surface area contributed by atoms with Gasteiger partial charge in [0, 0.05) is 29.5 Å². The minimum absolute atomic E-state index is 0.384. The van der Waals surface area contributed by atoms with Crippen molar-refractivity contribution in [1.82, 2.24) is 5.32 Å². The molecule has 0 fully saturated rings. The van der Waals surface area contributed by atoms with Gasteiger partial charge in [-0.2, -0.15) is 0 Å². The zero-order valence-electron chi connectivity index (χ0n) is 11.8. The van der Waals surface area contributed by atoms with Gasteiger partial charge in [0.2, 0.25) is 0 Å². The van der Waals surface area contributed by atoms with E-state index in [9.17, 15) is 0 Å². The maximum absolute atomic E-state index is 5.24. The van der Waals surface area contributed by atoms with Crippen molar-refractivity contribution in [2.24, 2.45) is 0 Å². The molecule has 2 aromatic rings. The van der Waals surface area contributed by atoms with Crippen molar-refractivity contribution < 1.29 is 4.74 Å². The summed E-state index contributed by atoms with van der Waals surface area (Å²) in [5, 5.41) is 3.58. The second kappa shape index (κ2) is 6.85. The molecule has 0 saturated heterocycles. The number of hydrogen-bond donors (Lipinski definition) is 1. The van der Waals surface area contributed by atoms with Crippen LogP contribution in [0.1, 0.15) is 33.8 Å². The molecule has 1 atom stereocenters. The predicted octanol–water partition coefficient (Wildman–Crippen LogP) is 4.05. The SMILES string of the molecule is COCc1ccccc1CNC(C)c1ccc(C)s1. The third-order valence-corrected chi connectivity index (χ3v) is 4.39. The smallest absolute Gasteiger partial charge is 0.0716 e. The average molecular weight is 275 g/mol. The Morgan fingerprint density at radius 2 is 1.89 bits per heavy atom. The van der Waals surface area contributed by atoms with Crippen LogP contribution in [0.3, 0.4) is 0 Å². The molecule has 0 aliphatic heterocycles. The van der Waals surface area contributed by atoms with Gasteiger partial charge in [-0.25, -0.2) is 0 Å². The van der Waals surface area contributed by atoms with E-state index in [2.05, 4.69) is 55.6 Å². The molecule has 3 heteroatoms. The minimum atomic E-state index is 0.384. The molecule has 1 aromatic carbocycles. The topological polar surface area (TPSA) is 21.3 Å². The number of ether oxygens (including phenoxy) is 1. The third-order valence-electron chi connectivity index (χ3n) is 3.20. The van der Waals surface area contributed by atoms with Crippen molar-refractivity contribution in [1.29, 1.82) is 0 Å². The summed E-state index contributed by atoms with van der Waals surface area (Å²) in [5.41, 5.74) is 2.57. The van der Waals surface area contributed by atoms with Crippen LogP contribution in [0.15, 0.2) is 36.4 Å². The molecule has 19 heavy (non-hydrogen) atoms. The first-order valence-electron chi connectivity index (χ1n) is 6.56. The van der Waals surface area contributed by atoms with Gasteiger partial charge >= 0.3 is 0 Å². The lowest BCUT2D eigenvalue weighted by atomic mass is 10.1. The standard InChI is InChI=1S/C16H21NOS/c1-12-8-9-16(19-12)13(2)17-10-14-6-4-5-7-15(14)11-18-3/h4-9,13,17H,10-11H2,1-3H3. The molecule has 0 spiro atoms. The number of benzene rings is 1. The highest BCUT2D eigenvalue weighted by molar-refractivity contribution is 7.12. The second-order valence-corrected chi connectivity index (χ2v) is 6.07. The number of nitrogens with one attached hydrogen (secondary N) is 1. The monoisotopic (exact) mass is 275 g/mol. The fraction of sp³-hybridized carbons (Fsp3) is 0.375. The predicted molar refractivity (Wildman–Crippen MR) is 81.5 cm³/mol. The van der Waals surface area contributed by atoms with E-state index in [4.69, 9.17) is 4.74 Å². The van der Waals surface area contributed by atoms with E-state index in [-0.39, 0.29) is 0 Å². The molecular weight excluding hydrogens is 254 g/mol. The zero-order valence-corrected chi connectivity index (χ0v) is 12.6. The lowest BCUT2D eigenvalue weighted by Crippen LogP contribution is -2.18. The van der Waals surface area contributed by atoms with Gasteiger partial charge < -0.3 is 10.1 Å². The van der Waals surface area contributed by atoms with Gasteiger partial charge in [-0.1, -0.05) is 24.3 Å². The van der Waals surface area contributed by atoms with Gasteiger partial charge in [0.25, 0.3) is 0 Å². The van der Waals surface area contributed by atoms with Crippen LogP contribution in [0, 0.1) is 6.92 Å². The lowest BCUT2D eigenvalue weighted by Gasteiger charge is -2.14. The van der Waals surface area contributed by atoms with Gasteiger partial charge in [0.1, 0.15) is 0 Å². The van der Waals surface area contributed by atoms with E-state index in [0.29, 0.717) is 12.6 Å². The molecule has 2 rings (SSSR count). The summed E-state index contributed by atoms with van der Waals surface area (Å²) < 4.78 is 5.24.